The van der Waals surface area contributed by atoms with Crippen molar-refractivity contribution < 1.29 is 27.0 Å². The van der Waals surface area contributed by atoms with Crippen LogP contribution in [-0.4, -0.2) is 91.1 Å². The van der Waals surface area contributed by atoms with Gasteiger partial charge >= 0.3 is 0 Å². The minimum atomic E-state index is -3.90. The van der Waals surface area contributed by atoms with Gasteiger partial charge < -0.3 is 9.80 Å². The molecule has 2 atom stereocenters. The fraction of sp³-hybridized carbons (Fsp3) is 0.913. The maximum Gasteiger partial charge on any atom is 0.265 e. The fourth-order valence-corrected chi connectivity index (χ4v) is 5.81. The van der Waals surface area contributed by atoms with E-state index in [-0.39, 0.29) is 23.4 Å². The van der Waals surface area contributed by atoms with Crippen molar-refractivity contribution in [3.05, 3.63) is 0 Å². The van der Waals surface area contributed by atoms with Crippen LogP contribution in [0.3, 0.4) is 0 Å². The highest BCUT2D eigenvalue weighted by Gasteiger charge is 2.18. The van der Waals surface area contributed by atoms with E-state index in [1.54, 1.807) is 11.8 Å². The average Bonchev–Trinajstić information content (AvgIpc) is 2.72. The molecule has 0 aromatic rings. The first-order valence-corrected chi connectivity index (χ1v) is 16.2. The Balaban J connectivity index is 3.77. The topological polar surface area (TPSA) is 101 Å². The van der Waals surface area contributed by atoms with Crippen molar-refractivity contribution in [2.75, 3.05) is 56.7 Å². The molecule has 0 fully saturated rings. The first-order chi connectivity index (χ1) is 15.9. The molecule has 0 aromatic carbocycles. The molecule has 0 bridgehead atoms. The van der Waals surface area contributed by atoms with Gasteiger partial charge in [0.1, 0.15) is 5.78 Å². The van der Waals surface area contributed by atoms with Crippen LogP contribution in [0.25, 0.3) is 0 Å². The van der Waals surface area contributed by atoms with Crippen molar-refractivity contribution in [1.82, 2.24) is 5.32 Å². The zero-order valence-corrected chi connectivity index (χ0v) is 24.6. The van der Waals surface area contributed by atoms with Crippen LogP contribution >= 0.6 is 37.0 Å². The lowest BCUT2D eigenvalue weighted by molar-refractivity contribution is -0.890. The van der Waals surface area contributed by atoms with E-state index in [1.807, 2.05) is 21.0 Å². The number of ketones is 1. The smallest absolute Gasteiger partial charge is 0.265 e. The molecule has 2 N–H and O–H groups in total. The van der Waals surface area contributed by atoms with Crippen LogP contribution in [0.5, 0.6) is 0 Å². The largest absolute Gasteiger partial charge is 0.355 e. The van der Waals surface area contributed by atoms with Gasteiger partial charge in [-0.05, 0) is 37.9 Å². The summed E-state index contributed by atoms with van der Waals surface area (Å²) in [6.45, 7) is 4.13. The Morgan fingerprint density at radius 1 is 1.03 bits per heavy atom. The Labute approximate surface area is 223 Å². The molecule has 0 aliphatic rings. The van der Waals surface area contributed by atoms with E-state index in [9.17, 15) is 18.0 Å². The Kier molecular flexibility index (Phi) is 19.2. The van der Waals surface area contributed by atoms with Crippen LogP contribution in [0, 0.1) is 5.92 Å². The second kappa shape index (κ2) is 19.2. The van der Waals surface area contributed by atoms with Crippen LogP contribution in [0.2, 0.25) is 0 Å². The lowest BCUT2D eigenvalue weighted by Gasteiger charge is -2.29. The van der Waals surface area contributed by atoms with Gasteiger partial charge in [-0.15, -0.1) is 0 Å². The molecule has 0 aliphatic heterocycles. The summed E-state index contributed by atoms with van der Waals surface area (Å²) in [5.41, 5.74) is 0. The van der Waals surface area contributed by atoms with Crippen molar-refractivity contribution in [3.8, 4) is 0 Å². The summed E-state index contributed by atoms with van der Waals surface area (Å²) >= 11 is 10.4. The Bertz CT molecular complexity index is 674. The molecule has 34 heavy (non-hydrogen) atoms. The molecule has 0 rings (SSSR count). The van der Waals surface area contributed by atoms with Gasteiger partial charge in [-0.2, -0.15) is 45.4 Å². The summed E-state index contributed by atoms with van der Waals surface area (Å²) in [6, 6.07) is 0. The van der Waals surface area contributed by atoms with E-state index in [4.69, 9.17) is 4.55 Å². The molecule has 0 aromatic heterocycles. The van der Waals surface area contributed by atoms with Gasteiger partial charge in [0, 0.05) is 48.5 Å². The normalized spacial score (nSPS) is 14.1. The number of carbonyl (C=O) groups is 2. The maximum absolute atomic E-state index is 12.4. The van der Waals surface area contributed by atoms with Crippen molar-refractivity contribution in [3.63, 3.8) is 0 Å². The van der Waals surface area contributed by atoms with Crippen LogP contribution in [0.4, 0.5) is 0 Å². The van der Waals surface area contributed by atoms with E-state index < -0.39 is 10.1 Å². The number of rotatable bonds is 22. The van der Waals surface area contributed by atoms with Gasteiger partial charge in [0.2, 0.25) is 5.91 Å². The Morgan fingerprint density at radius 2 is 1.68 bits per heavy atom. The number of unbranched alkanes of at least 4 members (excludes halogenated alkanes) is 2. The third-order valence-corrected chi connectivity index (χ3v) is 8.55. The predicted molar refractivity (Wildman–Crippen MR) is 151 cm³/mol. The van der Waals surface area contributed by atoms with Crippen molar-refractivity contribution >= 4 is 58.8 Å². The monoisotopic (exact) mass is 559 g/mol. The molecular formula is C23H47N2O5S4+. The highest BCUT2D eigenvalue weighted by atomic mass is 32.2. The first kappa shape index (κ1) is 34.1. The van der Waals surface area contributed by atoms with Gasteiger partial charge in [-0.25, -0.2) is 0 Å². The lowest BCUT2D eigenvalue weighted by Crippen LogP contribution is -2.41. The Hall–Kier alpha value is 0.0600. The second-order valence-electron chi connectivity index (χ2n) is 9.68. The summed E-state index contributed by atoms with van der Waals surface area (Å²) in [6.07, 6.45) is 7.17. The number of quaternary nitrogens is 1. The zero-order valence-electron chi connectivity index (χ0n) is 21.2. The summed E-state index contributed by atoms with van der Waals surface area (Å²) < 4.78 is 31.2. The highest BCUT2D eigenvalue weighted by molar-refractivity contribution is 7.99. The summed E-state index contributed by atoms with van der Waals surface area (Å²) in [7, 11) is 0.169. The molecular weight excluding hydrogens is 513 g/mol. The summed E-state index contributed by atoms with van der Waals surface area (Å²) in [5, 5.41) is 3.33. The molecule has 1 amide bonds. The maximum atomic E-state index is 12.4. The van der Waals surface area contributed by atoms with Gasteiger partial charge in [0.15, 0.2) is 0 Å². The molecule has 2 unspecified atom stereocenters. The van der Waals surface area contributed by atoms with E-state index in [1.165, 1.54) is 0 Å². The molecule has 202 valence electrons. The lowest BCUT2D eigenvalue weighted by atomic mass is 10.0. The van der Waals surface area contributed by atoms with E-state index in [0.29, 0.717) is 42.1 Å². The second-order valence-corrected chi connectivity index (χ2v) is 13.6. The van der Waals surface area contributed by atoms with Crippen molar-refractivity contribution in [2.24, 2.45) is 5.92 Å². The van der Waals surface area contributed by atoms with E-state index in [0.717, 1.165) is 62.3 Å². The van der Waals surface area contributed by atoms with Gasteiger partial charge in [0.05, 0.1) is 32.9 Å². The molecule has 7 nitrogen and oxygen atoms in total. The molecule has 0 radical (unpaired) electrons. The molecule has 0 saturated heterocycles. The van der Waals surface area contributed by atoms with Crippen LogP contribution < -0.4 is 5.32 Å². The van der Waals surface area contributed by atoms with Crippen LogP contribution in [0.15, 0.2) is 0 Å². The molecule has 0 aliphatic carbocycles. The minimum absolute atomic E-state index is 0.00407. The van der Waals surface area contributed by atoms with Crippen LogP contribution in [-0.2, 0) is 19.7 Å². The number of hydrogen-bond acceptors (Lipinski definition) is 7. The quantitative estimate of drug-likeness (QED) is 0.0698. The number of hydrogen-bond donors (Lipinski definition) is 4. The fourth-order valence-electron chi connectivity index (χ4n) is 3.54. The highest BCUT2D eigenvalue weighted by Crippen LogP contribution is 2.14. The number of thiol groups is 2. The predicted octanol–water partition coefficient (Wildman–Crippen LogP) is 3.74. The van der Waals surface area contributed by atoms with Gasteiger partial charge in [0.25, 0.3) is 10.1 Å². The number of nitrogens with zero attached hydrogens (tertiary/aromatic N) is 1. The molecule has 11 heteroatoms. The minimum Gasteiger partial charge on any atom is -0.355 e. The van der Waals surface area contributed by atoms with E-state index in [2.05, 4.69) is 30.6 Å². The number of nitrogens with one attached hydrogen (secondary N) is 1. The average molecular weight is 560 g/mol. The molecule has 0 saturated carbocycles. The molecule has 0 spiro atoms. The number of carbonyl (C=O) groups excluding carboxylic acids is 2. The van der Waals surface area contributed by atoms with E-state index >= 15 is 0 Å². The van der Waals surface area contributed by atoms with Crippen molar-refractivity contribution in [2.45, 2.75) is 70.0 Å². The van der Waals surface area contributed by atoms with Crippen molar-refractivity contribution in [1.29, 1.82) is 0 Å². The Morgan fingerprint density at radius 3 is 2.32 bits per heavy atom. The number of Topliss-reactive ketones (excluding diaryl/α,β-unsaturated/α-hetero) is 1. The van der Waals surface area contributed by atoms with Crippen LogP contribution in [0.1, 0.15) is 64.7 Å². The summed E-state index contributed by atoms with van der Waals surface area (Å²) in [4.78, 5) is 24.3. The third-order valence-electron chi connectivity index (χ3n) is 5.74. The number of amides is 1. The van der Waals surface area contributed by atoms with Gasteiger partial charge in [-0.1, -0.05) is 13.3 Å². The zero-order chi connectivity index (χ0) is 26.0. The molecule has 0 heterocycles. The standard InChI is InChI=1S/C23H46N2O5S4/c1-20(19-33-17-13-24-23(27)11-5-4-9-21(32)12-16-31)22(26)10-6-7-14-25(2,3)15-8-18-34(28,29)30/h20-21H,4-19H2,1-3H3,(H3-,24,27,28,29,30,31,32)/p+1. The number of thioether (sulfide) groups is 1. The van der Waals surface area contributed by atoms with Gasteiger partial charge in [-0.3, -0.25) is 14.1 Å². The summed E-state index contributed by atoms with van der Waals surface area (Å²) in [5.74, 6) is 2.57. The third kappa shape index (κ3) is 21.4. The first-order valence-electron chi connectivity index (χ1n) is 12.3. The SMILES string of the molecule is CC(CSCCNC(=O)CCCCC(S)CCS)C(=O)CCCC[N+](C)(C)CCCS(=O)(=O)O.